The molecule has 1 unspecified atom stereocenters. The van der Waals surface area contributed by atoms with Crippen LogP contribution < -0.4 is 10.6 Å². The number of hydrogen-bond donors (Lipinski definition) is 3. The molecule has 0 radical (unpaired) electrons. The summed E-state index contributed by atoms with van der Waals surface area (Å²) in [7, 11) is 0. The third-order valence-corrected chi connectivity index (χ3v) is 4.97. The van der Waals surface area contributed by atoms with Crippen molar-refractivity contribution in [3.05, 3.63) is 35.4 Å². The number of carboxylic acid groups (broad SMARTS) is 1. The van der Waals surface area contributed by atoms with Crippen LogP contribution in [0.25, 0.3) is 0 Å². The van der Waals surface area contributed by atoms with E-state index < -0.39 is 12.0 Å². The molecule has 1 aliphatic rings. The first-order valence-electron chi connectivity index (χ1n) is 9.18. The maximum Gasteiger partial charge on any atom is 0.306 e. The van der Waals surface area contributed by atoms with Crippen molar-refractivity contribution < 1.29 is 19.5 Å². The second-order valence-corrected chi connectivity index (χ2v) is 7.46. The second-order valence-electron chi connectivity index (χ2n) is 7.46. The largest absolute Gasteiger partial charge is 0.481 e. The van der Waals surface area contributed by atoms with Crippen LogP contribution in [0.2, 0.25) is 0 Å². The van der Waals surface area contributed by atoms with Gasteiger partial charge in [0.15, 0.2) is 0 Å². The van der Waals surface area contributed by atoms with E-state index in [1.54, 1.807) is 12.1 Å². The van der Waals surface area contributed by atoms with Crippen LogP contribution in [-0.4, -0.2) is 35.0 Å². The summed E-state index contributed by atoms with van der Waals surface area (Å²) >= 11 is 0. The van der Waals surface area contributed by atoms with Crippen molar-refractivity contribution in [2.75, 3.05) is 0 Å². The summed E-state index contributed by atoms with van der Waals surface area (Å²) in [5, 5.41) is 14.9. The lowest BCUT2D eigenvalue weighted by Gasteiger charge is -2.29. The zero-order chi connectivity index (χ0) is 19.3. The summed E-state index contributed by atoms with van der Waals surface area (Å²) in [6.07, 6.45) is 2.45. The van der Waals surface area contributed by atoms with E-state index in [0.717, 1.165) is 5.56 Å². The molecule has 142 valence electrons. The minimum atomic E-state index is -0.764. The first-order valence-corrected chi connectivity index (χ1v) is 9.18. The highest BCUT2D eigenvalue weighted by Gasteiger charge is 2.30. The topological polar surface area (TPSA) is 95.5 Å². The summed E-state index contributed by atoms with van der Waals surface area (Å²) in [4.78, 5) is 36.1. The van der Waals surface area contributed by atoms with E-state index >= 15 is 0 Å². The van der Waals surface area contributed by atoms with Crippen molar-refractivity contribution in [1.82, 2.24) is 10.6 Å². The van der Waals surface area contributed by atoms with Gasteiger partial charge < -0.3 is 15.7 Å². The molecular weight excluding hydrogens is 332 g/mol. The SMILES string of the molecule is Cc1ccc(C(=O)NC(C(=O)NC2CCC(C(=O)O)CC2)C(C)C)cc1. The Kier molecular flexibility index (Phi) is 6.77. The fourth-order valence-corrected chi connectivity index (χ4v) is 3.24. The molecule has 0 spiro atoms. The number of carboxylic acids is 1. The number of aryl methyl sites for hydroxylation is 1. The molecule has 3 N–H and O–H groups in total. The van der Waals surface area contributed by atoms with Gasteiger partial charge in [-0.2, -0.15) is 0 Å². The lowest BCUT2D eigenvalue weighted by molar-refractivity contribution is -0.142. The third kappa shape index (κ3) is 5.31. The number of benzene rings is 1. The smallest absolute Gasteiger partial charge is 0.306 e. The van der Waals surface area contributed by atoms with E-state index in [4.69, 9.17) is 5.11 Å². The predicted octanol–water partition coefficient (Wildman–Crippen LogP) is 2.51. The first kappa shape index (κ1) is 19.9. The average Bonchev–Trinajstić information content (AvgIpc) is 2.60. The number of rotatable bonds is 6. The fraction of sp³-hybridized carbons (Fsp3) is 0.550. The molecule has 1 fully saturated rings. The first-order chi connectivity index (χ1) is 12.3. The van der Waals surface area contributed by atoms with E-state index in [-0.39, 0.29) is 29.7 Å². The van der Waals surface area contributed by atoms with Gasteiger partial charge in [0.05, 0.1) is 5.92 Å². The lowest BCUT2D eigenvalue weighted by Crippen LogP contribution is -2.52. The standard InChI is InChI=1S/C20H28N2O4/c1-12(2)17(22-18(23)14-6-4-13(3)5-7-14)19(24)21-16-10-8-15(9-11-16)20(25)26/h4-7,12,15-17H,8-11H2,1-3H3,(H,21,24)(H,22,23)(H,25,26). The monoisotopic (exact) mass is 360 g/mol. The molecule has 2 rings (SSSR count). The number of carbonyl (C=O) groups excluding carboxylic acids is 2. The van der Waals surface area contributed by atoms with Crippen LogP contribution >= 0.6 is 0 Å². The van der Waals surface area contributed by atoms with Gasteiger partial charge in [-0.1, -0.05) is 31.5 Å². The Hall–Kier alpha value is -2.37. The van der Waals surface area contributed by atoms with Gasteiger partial charge in [0.2, 0.25) is 5.91 Å². The van der Waals surface area contributed by atoms with Crippen molar-refractivity contribution in [3.63, 3.8) is 0 Å². The van der Waals surface area contributed by atoms with Crippen LogP contribution in [0.5, 0.6) is 0 Å². The second kappa shape index (κ2) is 8.83. The molecule has 2 amide bonds. The fourth-order valence-electron chi connectivity index (χ4n) is 3.24. The summed E-state index contributed by atoms with van der Waals surface area (Å²) in [6.45, 7) is 5.73. The Morgan fingerprint density at radius 1 is 1.04 bits per heavy atom. The van der Waals surface area contributed by atoms with Crippen LogP contribution in [0.4, 0.5) is 0 Å². The van der Waals surface area contributed by atoms with Crippen LogP contribution in [-0.2, 0) is 9.59 Å². The minimum absolute atomic E-state index is 0.0318. The van der Waals surface area contributed by atoms with Gasteiger partial charge in [-0.3, -0.25) is 14.4 Å². The van der Waals surface area contributed by atoms with Gasteiger partial charge in [0, 0.05) is 11.6 Å². The molecule has 0 aliphatic heterocycles. The van der Waals surface area contributed by atoms with Crippen LogP contribution in [0.15, 0.2) is 24.3 Å². The third-order valence-electron chi connectivity index (χ3n) is 4.97. The van der Waals surface area contributed by atoms with Gasteiger partial charge in [-0.05, 0) is 50.7 Å². The van der Waals surface area contributed by atoms with Crippen LogP contribution in [0.1, 0.15) is 55.5 Å². The molecule has 0 bridgehead atoms. The van der Waals surface area contributed by atoms with E-state index in [9.17, 15) is 14.4 Å². The van der Waals surface area contributed by atoms with E-state index in [2.05, 4.69) is 10.6 Å². The average molecular weight is 360 g/mol. The van der Waals surface area contributed by atoms with Crippen molar-refractivity contribution >= 4 is 17.8 Å². The molecule has 0 aromatic heterocycles. The molecule has 6 heteroatoms. The number of aliphatic carboxylic acids is 1. The number of carbonyl (C=O) groups is 3. The van der Waals surface area contributed by atoms with Crippen LogP contribution in [0, 0.1) is 18.8 Å². The normalized spacial score (nSPS) is 21.1. The van der Waals surface area contributed by atoms with E-state index in [1.807, 2.05) is 32.9 Å². The molecule has 0 heterocycles. The van der Waals surface area contributed by atoms with Crippen molar-refractivity contribution in [1.29, 1.82) is 0 Å². The van der Waals surface area contributed by atoms with Gasteiger partial charge in [0.1, 0.15) is 6.04 Å². The van der Waals surface area contributed by atoms with Gasteiger partial charge in [0.25, 0.3) is 5.91 Å². The van der Waals surface area contributed by atoms with Crippen molar-refractivity contribution in [3.8, 4) is 0 Å². The Morgan fingerprint density at radius 3 is 2.12 bits per heavy atom. The molecule has 6 nitrogen and oxygen atoms in total. The molecule has 1 atom stereocenters. The Bertz CT molecular complexity index is 646. The Balaban J connectivity index is 1.94. The molecule has 1 saturated carbocycles. The number of amides is 2. The highest BCUT2D eigenvalue weighted by Crippen LogP contribution is 2.24. The zero-order valence-corrected chi connectivity index (χ0v) is 15.6. The molecule has 26 heavy (non-hydrogen) atoms. The zero-order valence-electron chi connectivity index (χ0n) is 15.6. The number of nitrogens with one attached hydrogen (secondary N) is 2. The maximum absolute atomic E-state index is 12.6. The molecular formula is C20H28N2O4. The Morgan fingerprint density at radius 2 is 1.62 bits per heavy atom. The number of hydrogen-bond acceptors (Lipinski definition) is 3. The quantitative estimate of drug-likeness (QED) is 0.726. The van der Waals surface area contributed by atoms with Crippen molar-refractivity contribution in [2.24, 2.45) is 11.8 Å². The highest BCUT2D eigenvalue weighted by atomic mass is 16.4. The molecule has 0 saturated heterocycles. The Labute approximate surface area is 154 Å². The van der Waals surface area contributed by atoms with Gasteiger partial charge in [-0.25, -0.2) is 0 Å². The van der Waals surface area contributed by atoms with E-state index in [0.29, 0.717) is 31.2 Å². The van der Waals surface area contributed by atoms with E-state index in [1.165, 1.54) is 0 Å². The molecule has 1 aliphatic carbocycles. The van der Waals surface area contributed by atoms with Gasteiger partial charge >= 0.3 is 5.97 Å². The minimum Gasteiger partial charge on any atom is -0.481 e. The summed E-state index contributed by atoms with van der Waals surface area (Å²) < 4.78 is 0. The molecule has 1 aromatic carbocycles. The summed E-state index contributed by atoms with van der Waals surface area (Å²) in [6, 6.07) is 6.55. The summed E-state index contributed by atoms with van der Waals surface area (Å²) in [5.74, 6) is -1.61. The summed E-state index contributed by atoms with van der Waals surface area (Å²) in [5.41, 5.74) is 1.59. The van der Waals surface area contributed by atoms with Crippen LogP contribution in [0.3, 0.4) is 0 Å². The predicted molar refractivity (Wildman–Crippen MR) is 98.8 cm³/mol. The van der Waals surface area contributed by atoms with Gasteiger partial charge in [-0.15, -0.1) is 0 Å². The maximum atomic E-state index is 12.6. The van der Waals surface area contributed by atoms with Crippen molar-refractivity contribution in [2.45, 2.75) is 58.5 Å². The lowest BCUT2D eigenvalue weighted by atomic mass is 9.86. The molecule has 1 aromatic rings. The highest BCUT2D eigenvalue weighted by molar-refractivity contribution is 5.97.